The minimum absolute atomic E-state index is 0.354. The SMILES string of the molecule is O=C(/C=C/c1ccco1)C[C@]1(O)C(=O)N(CCc2ccccc2)c2ccc(Cl)cc21. The monoisotopic (exact) mass is 421 g/mol. The fourth-order valence-electron chi connectivity index (χ4n) is 3.67. The predicted octanol–water partition coefficient (Wildman–Crippen LogP) is 4.38. The number of benzene rings is 2. The average molecular weight is 422 g/mol. The first-order chi connectivity index (χ1) is 14.5. The normalized spacial score (nSPS) is 18.2. The molecule has 0 unspecified atom stereocenters. The second kappa shape index (κ2) is 8.30. The zero-order valence-electron chi connectivity index (χ0n) is 16.1. The van der Waals surface area contributed by atoms with Crippen LogP contribution in [0.3, 0.4) is 0 Å². The summed E-state index contributed by atoms with van der Waals surface area (Å²) < 4.78 is 5.17. The Morgan fingerprint density at radius 1 is 1.13 bits per heavy atom. The Morgan fingerprint density at radius 2 is 1.93 bits per heavy atom. The summed E-state index contributed by atoms with van der Waals surface area (Å²) in [7, 11) is 0. The lowest BCUT2D eigenvalue weighted by atomic mass is 9.90. The molecule has 1 N–H and O–H groups in total. The highest BCUT2D eigenvalue weighted by Crippen LogP contribution is 2.43. The second-order valence-corrected chi connectivity index (χ2v) is 7.64. The van der Waals surface area contributed by atoms with Crippen molar-refractivity contribution >= 4 is 35.1 Å². The molecular formula is C24H20ClNO4. The van der Waals surface area contributed by atoms with Crippen LogP contribution >= 0.6 is 11.6 Å². The standard InChI is InChI=1S/C24H20ClNO4/c25-18-8-11-22-21(15-18)24(29,16-19(27)9-10-20-7-4-14-30-20)23(28)26(22)13-12-17-5-2-1-3-6-17/h1-11,14-15,29H,12-13,16H2/b10-9+/t24-/m1/s1. The van der Waals surface area contributed by atoms with Crippen molar-refractivity contribution in [3.63, 3.8) is 0 Å². The highest BCUT2D eigenvalue weighted by Gasteiger charge is 2.50. The van der Waals surface area contributed by atoms with Crippen LogP contribution < -0.4 is 4.90 Å². The summed E-state index contributed by atoms with van der Waals surface area (Å²) in [6, 6.07) is 18.1. The molecule has 0 saturated heterocycles. The van der Waals surface area contributed by atoms with E-state index in [0.29, 0.717) is 35.0 Å². The lowest BCUT2D eigenvalue weighted by molar-refractivity contribution is -0.140. The molecule has 1 aliphatic heterocycles. The Balaban J connectivity index is 1.58. The van der Waals surface area contributed by atoms with E-state index in [1.165, 1.54) is 23.3 Å². The first-order valence-corrected chi connectivity index (χ1v) is 9.98. The van der Waals surface area contributed by atoms with Gasteiger partial charge < -0.3 is 14.4 Å². The molecule has 0 bridgehead atoms. The number of carbonyl (C=O) groups is 2. The number of aliphatic hydroxyl groups is 1. The zero-order chi connectivity index (χ0) is 21.1. The Hall–Kier alpha value is -3.15. The van der Waals surface area contributed by atoms with Gasteiger partial charge in [0.1, 0.15) is 5.76 Å². The van der Waals surface area contributed by atoms with Crippen LogP contribution in [0.1, 0.15) is 23.3 Å². The van der Waals surface area contributed by atoms with Crippen LogP contribution in [0.5, 0.6) is 0 Å². The number of halogens is 1. The number of fused-ring (bicyclic) bond motifs is 1. The molecule has 0 spiro atoms. The molecule has 2 heterocycles. The van der Waals surface area contributed by atoms with Gasteiger partial charge in [-0.15, -0.1) is 0 Å². The topological polar surface area (TPSA) is 70.7 Å². The van der Waals surface area contributed by atoms with Crippen LogP contribution in [-0.4, -0.2) is 23.3 Å². The maximum absolute atomic E-state index is 13.2. The van der Waals surface area contributed by atoms with Gasteiger partial charge in [-0.1, -0.05) is 41.9 Å². The van der Waals surface area contributed by atoms with E-state index in [-0.39, 0.29) is 6.42 Å². The van der Waals surface area contributed by atoms with Gasteiger partial charge in [0.05, 0.1) is 18.4 Å². The van der Waals surface area contributed by atoms with Gasteiger partial charge in [0.25, 0.3) is 5.91 Å². The maximum atomic E-state index is 13.2. The number of amides is 1. The number of hydrogen-bond donors (Lipinski definition) is 1. The summed E-state index contributed by atoms with van der Waals surface area (Å²) in [4.78, 5) is 27.3. The van der Waals surface area contributed by atoms with Gasteiger partial charge in [0, 0.05) is 17.1 Å². The Bertz CT molecular complexity index is 1090. The van der Waals surface area contributed by atoms with Crippen LogP contribution in [0.25, 0.3) is 6.08 Å². The fraction of sp³-hybridized carbons (Fsp3) is 0.167. The quantitative estimate of drug-likeness (QED) is 0.574. The number of ketones is 1. The van der Waals surface area contributed by atoms with Gasteiger partial charge >= 0.3 is 0 Å². The smallest absolute Gasteiger partial charge is 0.264 e. The van der Waals surface area contributed by atoms with Crippen molar-refractivity contribution in [2.45, 2.75) is 18.4 Å². The Morgan fingerprint density at radius 3 is 2.67 bits per heavy atom. The molecule has 6 heteroatoms. The zero-order valence-corrected chi connectivity index (χ0v) is 16.9. The number of carbonyl (C=O) groups excluding carboxylic acids is 2. The lowest BCUT2D eigenvalue weighted by Gasteiger charge is -2.22. The third kappa shape index (κ3) is 3.95. The highest BCUT2D eigenvalue weighted by molar-refractivity contribution is 6.31. The fourth-order valence-corrected chi connectivity index (χ4v) is 3.85. The van der Waals surface area contributed by atoms with Gasteiger partial charge in [-0.3, -0.25) is 9.59 Å². The van der Waals surface area contributed by atoms with E-state index >= 15 is 0 Å². The molecule has 1 aromatic heterocycles. The summed E-state index contributed by atoms with van der Waals surface area (Å²) in [5, 5.41) is 11.7. The van der Waals surface area contributed by atoms with Crippen molar-refractivity contribution in [1.29, 1.82) is 0 Å². The third-order valence-corrected chi connectivity index (χ3v) is 5.40. The van der Waals surface area contributed by atoms with Crippen molar-refractivity contribution < 1.29 is 19.1 Å². The Labute approximate surface area is 179 Å². The van der Waals surface area contributed by atoms with Crippen LogP contribution in [0.4, 0.5) is 5.69 Å². The molecule has 0 fully saturated rings. The van der Waals surface area contributed by atoms with Gasteiger partial charge in [-0.2, -0.15) is 0 Å². The molecule has 0 radical (unpaired) electrons. The molecule has 2 aromatic carbocycles. The maximum Gasteiger partial charge on any atom is 0.264 e. The second-order valence-electron chi connectivity index (χ2n) is 7.21. The molecule has 3 aromatic rings. The molecule has 0 saturated carbocycles. The molecule has 0 aliphatic carbocycles. The van der Waals surface area contributed by atoms with Crippen molar-refractivity contribution in [2.75, 3.05) is 11.4 Å². The van der Waals surface area contributed by atoms with Crippen molar-refractivity contribution in [3.05, 3.63) is 94.9 Å². The lowest BCUT2D eigenvalue weighted by Crippen LogP contribution is -2.42. The van der Waals surface area contributed by atoms with Crippen LogP contribution in [0.15, 0.2) is 77.4 Å². The molecule has 4 rings (SSSR count). The van der Waals surface area contributed by atoms with Gasteiger partial charge in [0.2, 0.25) is 0 Å². The number of rotatable bonds is 7. The number of allylic oxidation sites excluding steroid dienone is 1. The van der Waals surface area contributed by atoms with Gasteiger partial charge in [-0.25, -0.2) is 0 Å². The van der Waals surface area contributed by atoms with E-state index in [0.717, 1.165) is 5.56 Å². The molecule has 5 nitrogen and oxygen atoms in total. The molecular weight excluding hydrogens is 402 g/mol. The van der Waals surface area contributed by atoms with E-state index < -0.39 is 17.3 Å². The van der Waals surface area contributed by atoms with Gasteiger partial charge in [0.15, 0.2) is 11.4 Å². The minimum atomic E-state index is -1.96. The Kier molecular flexibility index (Phi) is 5.57. The minimum Gasteiger partial charge on any atom is -0.465 e. The summed E-state index contributed by atoms with van der Waals surface area (Å²) in [6.07, 6.45) is 4.56. The number of hydrogen-bond acceptors (Lipinski definition) is 4. The van der Waals surface area contributed by atoms with Crippen molar-refractivity contribution in [3.8, 4) is 0 Å². The van der Waals surface area contributed by atoms with E-state index in [1.54, 1.807) is 30.3 Å². The summed E-state index contributed by atoms with van der Waals surface area (Å²) in [6.45, 7) is 0.385. The number of furan rings is 1. The van der Waals surface area contributed by atoms with E-state index in [9.17, 15) is 14.7 Å². The first kappa shape index (κ1) is 20.1. The molecule has 1 aliphatic rings. The summed E-state index contributed by atoms with van der Waals surface area (Å²) >= 11 is 6.13. The van der Waals surface area contributed by atoms with E-state index in [1.807, 2.05) is 30.3 Å². The summed E-state index contributed by atoms with van der Waals surface area (Å²) in [5.41, 5.74) is 0.0498. The summed E-state index contributed by atoms with van der Waals surface area (Å²) in [5.74, 6) is -0.394. The first-order valence-electron chi connectivity index (χ1n) is 9.60. The average Bonchev–Trinajstić information content (AvgIpc) is 3.33. The molecule has 152 valence electrons. The number of anilines is 1. The third-order valence-electron chi connectivity index (χ3n) is 5.17. The van der Waals surface area contributed by atoms with E-state index in [4.69, 9.17) is 16.0 Å². The van der Waals surface area contributed by atoms with Crippen LogP contribution in [0.2, 0.25) is 5.02 Å². The van der Waals surface area contributed by atoms with Crippen LogP contribution in [-0.2, 0) is 21.6 Å². The van der Waals surface area contributed by atoms with Crippen molar-refractivity contribution in [1.82, 2.24) is 0 Å². The highest BCUT2D eigenvalue weighted by atomic mass is 35.5. The molecule has 1 atom stereocenters. The predicted molar refractivity (Wildman–Crippen MR) is 115 cm³/mol. The van der Waals surface area contributed by atoms with Crippen molar-refractivity contribution in [2.24, 2.45) is 0 Å². The molecule has 1 amide bonds. The number of nitrogens with zero attached hydrogens (tertiary/aromatic N) is 1. The largest absolute Gasteiger partial charge is 0.465 e. The van der Waals surface area contributed by atoms with Gasteiger partial charge in [-0.05, 0) is 54.5 Å². The van der Waals surface area contributed by atoms with Crippen LogP contribution in [0, 0.1) is 0 Å². The van der Waals surface area contributed by atoms with E-state index in [2.05, 4.69) is 0 Å². The molecule has 30 heavy (non-hydrogen) atoms.